The third-order valence-corrected chi connectivity index (χ3v) is 6.22. The number of rotatable bonds is 6. The molecule has 0 bridgehead atoms. The van der Waals surface area contributed by atoms with E-state index in [9.17, 15) is 19.8 Å². The fourth-order valence-electron chi connectivity index (χ4n) is 3.89. The van der Waals surface area contributed by atoms with Crippen molar-refractivity contribution in [3.63, 3.8) is 0 Å². The van der Waals surface area contributed by atoms with Crippen LogP contribution in [-0.2, 0) is 39.9 Å². The van der Waals surface area contributed by atoms with Gasteiger partial charge in [-0.1, -0.05) is 121 Å². The number of carboxylic acid groups (broad SMARTS) is 2. The first-order valence-corrected chi connectivity index (χ1v) is 11.0. The zero-order valence-corrected chi connectivity index (χ0v) is 22.9. The van der Waals surface area contributed by atoms with Gasteiger partial charge in [0.25, 0.3) is 0 Å². The van der Waals surface area contributed by atoms with Gasteiger partial charge in [-0.25, -0.2) is 0 Å². The van der Waals surface area contributed by atoms with E-state index in [2.05, 4.69) is 0 Å². The quantitative estimate of drug-likeness (QED) is 0.368. The van der Waals surface area contributed by atoms with Gasteiger partial charge in [0.05, 0.1) is 22.8 Å². The number of carbonyl (C=O) groups is 2. The Labute approximate surface area is 219 Å². The fourth-order valence-corrected chi connectivity index (χ4v) is 3.89. The molecule has 4 aromatic carbocycles. The molecule has 0 aliphatic heterocycles. The molecule has 4 rings (SSSR count). The van der Waals surface area contributed by atoms with Crippen molar-refractivity contribution in [1.29, 1.82) is 0 Å². The maximum absolute atomic E-state index is 11.5. The van der Waals surface area contributed by atoms with Crippen LogP contribution < -0.4 is 10.2 Å². The number of aliphatic carboxylic acids is 2. The molecule has 5 heteroatoms. The van der Waals surface area contributed by atoms with E-state index in [0.717, 1.165) is 22.3 Å². The monoisotopic (exact) mass is 514 g/mol. The van der Waals surface area contributed by atoms with Gasteiger partial charge in [-0.2, -0.15) is 0 Å². The summed E-state index contributed by atoms with van der Waals surface area (Å²) in [5, 5.41) is 23.0. The van der Waals surface area contributed by atoms with E-state index in [-0.39, 0.29) is 19.5 Å². The van der Waals surface area contributed by atoms with Gasteiger partial charge in [0.2, 0.25) is 0 Å². The van der Waals surface area contributed by atoms with Crippen LogP contribution in [-0.4, -0.2) is 11.9 Å². The van der Waals surface area contributed by atoms with Gasteiger partial charge in [0, 0.05) is 0 Å². The van der Waals surface area contributed by atoms with Crippen LogP contribution in [0.3, 0.4) is 0 Å². The van der Waals surface area contributed by atoms with E-state index in [1.165, 1.54) is 0 Å². The SMILES string of the molecule is CC(C(=O)[O-])(c1ccccc1)c1ccccc1.CC(C(=O)[O-])(c1ccccc1)c1ccccc1.[Zn+2]. The topological polar surface area (TPSA) is 80.3 Å². The van der Waals surface area contributed by atoms with Crippen LogP contribution in [0.4, 0.5) is 0 Å². The largest absolute Gasteiger partial charge is 2.00 e. The summed E-state index contributed by atoms with van der Waals surface area (Å²) >= 11 is 0. The van der Waals surface area contributed by atoms with E-state index < -0.39 is 22.8 Å². The Bertz CT molecular complexity index is 1030. The van der Waals surface area contributed by atoms with Crippen LogP contribution >= 0.6 is 0 Å². The minimum atomic E-state index is -1.11. The first-order chi connectivity index (χ1) is 16.3. The van der Waals surface area contributed by atoms with E-state index in [0.29, 0.717) is 0 Å². The summed E-state index contributed by atoms with van der Waals surface area (Å²) in [4.78, 5) is 23.0. The minimum Gasteiger partial charge on any atom is -0.549 e. The Hall–Kier alpha value is -3.56. The Kier molecular flexibility index (Phi) is 9.68. The van der Waals surface area contributed by atoms with Gasteiger partial charge in [0.1, 0.15) is 0 Å². The van der Waals surface area contributed by atoms with Gasteiger partial charge < -0.3 is 19.8 Å². The summed E-state index contributed by atoms with van der Waals surface area (Å²) in [7, 11) is 0. The minimum absolute atomic E-state index is 0. The summed E-state index contributed by atoms with van der Waals surface area (Å²) in [5.74, 6) is -2.18. The van der Waals surface area contributed by atoms with Crippen molar-refractivity contribution in [2.24, 2.45) is 0 Å². The molecule has 0 N–H and O–H groups in total. The zero-order valence-electron chi connectivity index (χ0n) is 19.9. The first kappa shape index (κ1) is 27.7. The Morgan fingerprint density at radius 3 is 0.771 bits per heavy atom. The average molecular weight is 516 g/mol. The summed E-state index contributed by atoms with van der Waals surface area (Å²) in [6.07, 6.45) is 0. The van der Waals surface area contributed by atoms with Gasteiger partial charge in [-0.15, -0.1) is 0 Å². The molecule has 0 spiro atoms. The smallest absolute Gasteiger partial charge is 0.549 e. The molecule has 0 heterocycles. The first-order valence-electron chi connectivity index (χ1n) is 11.0. The van der Waals surface area contributed by atoms with E-state index in [4.69, 9.17) is 0 Å². The molecule has 4 nitrogen and oxygen atoms in total. The number of benzene rings is 4. The standard InChI is InChI=1S/2C15H14O2.Zn/c2*1-15(14(16)17,12-8-4-2-5-9-12)13-10-6-3-7-11-13;/h2*2-11H,1H3,(H,16,17);/q;;+2/p-2. The third-order valence-electron chi connectivity index (χ3n) is 6.22. The fraction of sp³-hybridized carbons (Fsp3) is 0.133. The van der Waals surface area contributed by atoms with Gasteiger partial charge in [0.15, 0.2) is 0 Å². The van der Waals surface area contributed by atoms with Crippen molar-refractivity contribution in [2.45, 2.75) is 24.7 Å². The van der Waals surface area contributed by atoms with Crippen molar-refractivity contribution in [2.75, 3.05) is 0 Å². The normalized spacial score (nSPS) is 10.8. The molecule has 0 saturated heterocycles. The number of hydrogen-bond acceptors (Lipinski definition) is 4. The molecule has 0 saturated carbocycles. The summed E-state index contributed by atoms with van der Waals surface area (Å²) < 4.78 is 0. The van der Waals surface area contributed by atoms with Crippen LogP contribution in [0.5, 0.6) is 0 Å². The molecule has 0 radical (unpaired) electrons. The molecular weight excluding hydrogens is 490 g/mol. The van der Waals surface area contributed by atoms with Crippen LogP contribution in [0.1, 0.15) is 36.1 Å². The predicted molar refractivity (Wildman–Crippen MR) is 129 cm³/mol. The van der Waals surface area contributed by atoms with Crippen molar-refractivity contribution >= 4 is 11.9 Å². The molecule has 0 amide bonds. The second kappa shape index (κ2) is 12.2. The Balaban J connectivity index is 0.000000240. The van der Waals surface area contributed by atoms with Crippen molar-refractivity contribution in [3.8, 4) is 0 Å². The van der Waals surface area contributed by atoms with Crippen molar-refractivity contribution < 1.29 is 39.3 Å². The van der Waals surface area contributed by atoms with Crippen LogP contribution in [0.2, 0.25) is 0 Å². The number of hydrogen-bond donors (Lipinski definition) is 0. The van der Waals surface area contributed by atoms with Gasteiger partial charge in [-0.05, 0) is 36.1 Å². The molecular formula is C30H26O4Zn. The molecule has 0 aliphatic carbocycles. The van der Waals surface area contributed by atoms with Crippen LogP contribution in [0.15, 0.2) is 121 Å². The maximum atomic E-state index is 11.5. The molecule has 172 valence electrons. The van der Waals surface area contributed by atoms with Gasteiger partial charge in [-0.3, -0.25) is 0 Å². The van der Waals surface area contributed by atoms with Crippen molar-refractivity contribution in [1.82, 2.24) is 0 Å². The van der Waals surface area contributed by atoms with E-state index in [1.54, 1.807) is 13.8 Å². The Morgan fingerprint density at radius 2 is 0.629 bits per heavy atom. The summed E-state index contributed by atoms with van der Waals surface area (Å²) in [6, 6.07) is 36.6. The van der Waals surface area contributed by atoms with E-state index >= 15 is 0 Å². The molecule has 4 aromatic rings. The predicted octanol–water partition coefficient (Wildman–Crippen LogP) is 3.48. The number of carboxylic acids is 2. The van der Waals surface area contributed by atoms with Crippen LogP contribution in [0.25, 0.3) is 0 Å². The zero-order chi connectivity index (χ0) is 24.6. The summed E-state index contributed by atoms with van der Waals surface area (Å²) in [6.45, 7) is 3.35. The molecule has 0 atom stereocenters. The van der Waals surface area contributed by atoms with Gasteiger partial charge >= 0.3 is 19.5 Å². The van der Waals surface area contributed by atoms with Crippen molar-refractivity contribution in [3.05, 3.63) is 144 Å². The maximum Gasteiger partial charge on any atom is 2.00 e. The molecule has 0 aliphatic rings. The Morgan fingerprint density at radius 1 is 0.457 bits per heavy atom. The van der Waals surface area contributed by atoms with E-state index in [1.807, 2.05) is 121 Å². The molecule has 35 heavy (non-hydrogen) atoms. The third kappa shape index (κ3) is 5.93. The number of carbonyl (C=O) groups excluding carboxylic acids is 2. The summed E-state index contributed by atoms with van der Waals surface area (Å²) in [5.41, 5.74) is 0.695. The molecule has 0 aromatic heterocycles. The second-order valence-corrected chi connectivity index (χ2v) is 8.29. The van der Waals surface area contributed by atoms with Crippen LogP contribution in [0, 0.1) is 0 Å². The average Bonchev–Trinajstić information content (AvgIpc) is 2.90. The second-order valence-electron chi connectivity index (χ2n) is 8.29. The molecule has 0 fully saturated rings. The molecule has 0 unspecified atom stereocenters.